The lowest BCUT2D eigenvalue weighted by Crippen LogP contribution is -2.15. The molecular formula is C22H20N4O2. The lowest BCUT2D eigenvalue weighted by molar-refractivity contribution is -0.115. The lowest BCUT2D eigenvalue weighted by atomic mass is 10.2. The van der Waals surface area contributed by atoms with Gasteiger partial charge >= 0.3 is 0 Å². The van der Waals surface area contributed by atoms with E-state index in [1.807, 2.05) is 79.2 Å². The van der Waals surface area contributed by atoms with E-state index < -0.39 is 0 Å². The highest BCUT2D eigenvalue weighted by Gasteiger charge is 2.17. The van der Waals surface area contributed by atoms with Crippen molar-refractivity contribution >= 4 is 11.6 Å². The van der Waals surface area contributed by atoms with Gasteiger partial charge in [0.15, 0.2) is 0 Å². The van der Waals surface area contributed by atoms with Gasteiger partial charge in [-0.1, -0.05) is 36.4 Å². The van der Waals surface area contributed by atoms with Gasteiger partial charge in [-0.15, -0.1) is 0 Å². The second-order valence-corrected chi connectivity index (χ2v) is 6.53. The molecule has 0 fully saturated rings. The molecule has 140 valence electrons. The molecule has 1 amide bonds. The van der Waals surface area contributed by atoms with Crippen LogP contribution in [0.5, 0.6) is 0 Å². The molecule has 4 aromatic rings. The lowest BCUT2D eigenvalue weighted by Gasteiger charge is -2.06. The fourth-order valence-corrected chi connectivity index (χ4v) is 3.09. The Labute approximate surface area is 162 Å². The Hall–Kier alpha value is -3.67. The number of anilines is 1. The summed E-state index contributed by atoms with van der Waals surface area (Å²) in [7, 11) is 0. The first kappa shape index (κ1) is 17.7. The number of nitrogens with one attached hydrogen (secondary N) is 1. The average molecular weight is 372 g/mol. The molecule has 28 heavy (non-hydrogen) atoms. The van der Waals surface area contributed by atoms with E-state index in [9.17, 15) is 4.79 Å². The molecule has 2 aromatic carbocycles. The van der Waals surface area contributed by atoms with Crippen molar-refractivity contribution in [2.24, 2.45) is 0 Å². The van der Waals surface area contributed by atoms with E-state index in [1.165, 1.54) is 6.26 Å². The maximum Gasteiger partial charge on any atom is 0.230 e. The number of benzene rings is 2. The first-order chi connectivity index (χ1) is 13.6. The third-order valence-electron chi connectivity index (χ3n) is 4.47. The minimum atomic E-state index is -0.160. The van der Waals surface area contributed by atoms with Crippen molar-refractivity contribution in [3.8, 4) is 17.1 Å². The number of hydrogen-bond donors (Lipinski definition) is 1. The minimum Gasteiger partial charge on any atom is -0.444 e. The highest BCUT2D eigenvalue weighted by Crippen LogP contribution is 2.23. The molecule has 4 rings (SSSR count). The first-order valence-electron chi connectivity index (χ1n) is 9.03. The number of amides is 1. The van der Waals surface area contributed by atoms with E-state index in [-0.39, 0.29) is 12.3 Å². The number of oxazole rings is 1. The van der Waals surface area contributed by atoms with Crippen molar-refractivity contribution in [1.29, 1.82) is 0 Å². The topological polar surface area (TPSA) is 73.0 Å². The average Bonchev–Trinajstić information content (AvgIpc) is 3.29. The standard InChI is InChI=1S/C22H20N4O2/c1-15-21(16(2)26(25-15)19-11-7-4-8-12-19)24-20(27)13-18-14-28-22(23-18)17-9-5-3-6-10-17/h3-12,14H,13H2,1-2H3,(H,24,27). The smallest absolute Gasteiger partial charge is 0.230 e. The number of aryl methyl sites for hydroxylation is 1. The molecule has 0 saturated carbocycles. The van der Waals surface area contributed by atoms with Crippen LogP contribution in [0.15, 0.2) is 71.3 Å². The largest absolute Gasteiger partial charge is 0.444 e. The summed E-state index contributed by atoms with van der Waals surface area (Å²) in [4.78, 5) is 17.0. The summed E-state index contributed by atoms with van der Waals surface area (Å²) in [5.74, 6) is 0.347. The van der Waals surface area contributed by atoms with Gasteiger partial charge in [-0.2, -0.15) is 5.10 Å². The van der Waals surface area contributed by atoms with Crippen LogP contribution < -0.4 is 5.32 Å². The number of hydrogen-bond acceptors (Lipinski definition) is 4. The van der Waals surface area contributed by atoms with Gasteiger partial charge in [0, 0.05) is 5.56 Å². The van der Waals surface area contributed by atoms with Crippen LogP contribution in [0.2, 0.25) is 0 Å². The molecule has 0 bridgehead atoms. The first-order valence-corrected chi connectivity index (χ1v) is 9.03. The quantitative estimate of drug-likeness (QED) is 0.566. The van der Waals surface area contributed by atoms with Gasteiger partial charge in [0.05, 0.1) is 34.9 Å². The summed E-state index contributed by atoms with van der Waals surface area (Å²) in [5, 5.41) is 7.51. The Morgan fingerprint density at radius 3 is 2.43 bits per heavy atom. The van der Waals surface area contributed by atoms with E-state index in [4.69, 9.17) is 4.42 Å². The van der Waals surface area contributed by atoms with E-state index in [0.29, 0.717) is 11.6 Å². The van der Waals surface area contributed by atoms with Crippen LogP contribution in [0.3, 0.4) is 0 Å². The van der Waals surface area contributed by atoms with Crippen LogP contribution in [-0.4, -0.2) is 20.7 Å². The highest BCUT2D eigenvalue weighted by molar-refractivity contribution is 5.93. The Bertz CT molecular complexity index is 1100. The molecule has 0 aliphatic carbocycles. The SMILES string of the molecule is Cc1nn(-c2ccccc2)c(C)c1NC(=O)Cc1coc(-c2ccccc2)n1. The second-order valence-electron chi connectivity index (χ2n) is 6.53. The Kier molecular flexibility index (Phi) is 4.76. The van der Waals surface area contributed by atoms with Crippen LogP contribution in [0.25, 0.3) is 17.1 Å². The Morgan fingerprint density at radius 2 is 1.71 bits per heavy atom. The number of nitrogens with zero attached hydrogens (tertiary/aromatic N) is 3. The van der Waals surface area contributed by atoms with Gasteiger partial charge in [0.1, 0.15) is 6.26 Å². The third-order valence-corrected chi connectivity index (χ3v) is 4.47. The van der Waals surface area contributed by atoms with E-state index in [1.54, 1.807) is 0 Å². The summed E-state index contributed by atoms with van der Waals surface area (Å²) in [6, 6.07) is 19.4. The van der Waals surface area contributed by atoms with E-state index >= 15 is 0 Å². The molecule has 0 atom stereocenters. The maximum atomic E-state index is 12.5. The van der Waals surface area contributed by atoms with E-state index in [0.717, 1.165) is 28.3 Å². The molecule has 0 aliphatic rings. The molecule has 2 aromatic heterocycles. The monoisotopic (exact) mass is 372 g/mol. The molecular weight excluding hydrogens is 352 g/mol. The molecule has 0 saturated heterocycles. The van der Waals surface area contributed by atoms with Gasteiger partial charge in [-0.05, 0) is 38.1 Å². The van der Waals surface area contributed by atoms with Crippen molar-refractivity contribution in [3.05, 3.63) is 84.0 Å². The zero-order valence-electron chi connectivity index (χ0n) is 15.7. The summed E-state index contributed by atoms with van der Waals surface area (Å²) in [6.45, 7) is 3.82. The van der Waals surface area contributed by atoms with Gasteiger partial charge in [-0.25, -0.2) is 9.67 Å². The fourth-order valence-electron chi connectivity index (χ4n) is 3.09. The van der Waals surface area contributed by atoms with E-state index in [2.05, 4.69) is 15.4 Å². The van der Waals surface area contributed by atoms with Crippen LogP contribution >= 0.6 is 0 Å². The number of carbonyl (C=O) groups excluding carboxylic acids is 1. The van der Waals surface area contributed by atoms with Crippen molar-refractivity contribution < 1.29 is 9.21 Å². The number of para-hydroxylation sites is 1. The molecule has 0 aliphatic heterocycles. The predicted octanol–water partition coefficient (Wildman–Crippen LogP) is 4.33. The molecule has 0 unspecified atom stereocenters. The molecule has 6 nitrogen and oxygen atoms in total. The van der Waals surface area contributed by atoms with Crippen LogP contribution in [0, 0.1) is 13.8 Å². The molecule has 0 radical (unpaired) electrons. The summed E-state index contributed by atoms with van der Waals surface area (Å²) in [6.07, 6.45) is 1.65. The number of aromatic nitrogens is 3. The molecule has 0 spiro atoms. The van der Waals surface area contributed by atoms with Gasteiger partial charge in [0.2, 0.25) is 11.8 Å². The highest BCUT2D eigenvalue weighted by atomic mass is 16.3. The van der Waals surface area contributed by atoms with Gasteiger partial charge in [-0.3, -0.25) is 4.79 Å². The van der Waals surface area contributed by atoms with Crippen LogP contribution in [0.4, 0.5) is 5.69 Å². The fraction of sp³-hybridized carbons (Fsp3) is 0.136. The van der Waals surface area contributed by atoms with Gasteiger partial charge in [0.25, 0.3) is 0 Å². The maximum absolute atomic E-state index is 12.5. The number of rotatable bonds is 5. The Morgan fingerprint density at radius 1 is 1.04 bits per heavy atom. The normalized spacial score (nSPS) is 10.8. The van der Waals surface area contributed by atoms with Crippen molar-refractivity contribution in [2.45, 2.75) is 20.3 Å². The third kappa shape index (κ3) is 3.57. The summed E-state index contributed by atoms with van der Waals surface area (Å²) in [5.41, 5.74) is 4.78. The molecule has 1 N–H and O–H groups in total. The van der Waals surface area contributed by atoms with Crippen molar-refractivity contribution in [3.63, 3.8) is 0 Å². The molecule has 2 heterocycles. The number of carbonyl (C=O) groups is 1. The van der Waals surface area contributed by atoms with Crippen molar-refractivity contribution in [1.82, 2.24) is 14.8 Å². The second kappa shape index (κ2) is 7.52. The van der Waals surface area contributed by atoms with Crippen LogP contribution in [0.1, 0.15) is 17.1 Å². The zero-order valence-corrected chi connectivity index (χ0v) is 15.7. The Balaban J connectivity index is 1.49. The predicted molar refractivity (Wildman–Crippen MR) is 107 cm³/mol. The van der Waals surface area contributed by atoms with Crippen LogP contribution in [-0.2, 0) is 11.2 Å². The van der Waals surface area contributed by atoms with Crippen molar-refractivity contribution in [2.75, 3.05) is 5.32 Å². The molecule has 6 heteroatoms. The summed E-state index contributed by atoms with van der Waals surface area (Å²) >= 11 is 0. The minimum absolute atomic E-state index is 0.131. The zero-order chi connectivity index (χ0) is 19.5. The van der Waals surface area contributed by atoms with Gasteiger partial charge < -0.3 is 9.73 Å². The summed E-state index contributed by atoms with van der Waals surface area (Å²) < 4.78 is 7.33.